The van der Waals surface area contributed by atoms with E-state index in [9.17, 15) is 0 Å². The average Bonchev–Trinajstić information content (AvgIpc) is 1.67. The van der Waals surface area contributed by atoms with Crippen LogP contribution >= 0.6 is 0 Å². The van der Waals surface area contributed by atoms with Crippen molar-refractivity contribution in [2.45, 2.75) is 25.3 Å². The maximum atomic E-state index is 5.68. The van der Waals surface area contributed by atoms with Gasteiger partial charge in [0.2, 0.25) is 0 Å². The van der Waals surface area contributed by atoms with Gasteiger partial charge in [-0.1, -0.05) is 6.92 Å². The van der Waals surface area contributed by atoms with E-state index in [0.29, 0.717) is 6.54 Å². The SMILES string of the molecule is [CH2]CC(C)(N)CCN. The predicted molar refractivity (Wildman–Crippen MR) is 36.2 cm³/mol. The lowest BCUT2D eigenvalue weighted by Gasteiger charge is -2.20. The van der Waals surface area contributed by atoms with E-state index < -0.39 is 0 Å². The zero-order valence-corrected chi connectivity index (χ0v) is 5.48. The van der Waals surface area contributed by atoms with Crippen LogP contribution in [0, 0.1) is 6.92 Å². The third kappa shape index (κ3) is 2.99. The molecule has 49 valence electrons. The fourth-order valence-electron chi connectivity index (χ4n) is 0.455. The summed E-state index contributed by atoms with van der Waals surface area (Å²) >= 11 is 0. The largest absolute Gasteiger partial charge is 0.330 e. The van der Waals surface area contributed by atoms with Gasteiger partial charge in [-0.2, -0.15) is 0 Å². The van der Waals surface area contributed by atoms with Crippen LogP contribution in [0.4, 0.5) is 0 Å². The van der Waals surface area contributed by atoms with Crippen molar-refractivity contribution in [3.63, 3.8) is 0 Å². The summed E-state index contributed by atoms with van der Waals surface area (Å²) in [5.41, 5.74) is 10.8. The second-order valence-electron chi connectivity index (χ2n) is 2.44. The molecule has 8 heavy (non-hydrogen) atoms. The minimum atomic E-state index is -0.144. The maximum Gasteiger partial charge on any atom is 0.0137 e. The molecule has 0 aliphatic heterocycles. The lowest BCUT2D eigenvalue weighted by molar-refractivity contribution is 0.443. The molecule has 4 N–H and O–H groups in total. The molecule has 0 saturated carbocycles. The normalized spacial score (nSPS) is 18.0. The molecule has 2 nitrogen and oxygen atoms in total. The lowest BCUT2D eigenvalue weighted by Crippen LogP contribution is -2.37. The highest BCUT2D eigenvalue weighted by molar-refractivity contribution is 4.78. The number of hydrogen-bond donors (Lipinski definition) is 2. The first-order valence-corrected chi connectivity index (χ1v) is 2.90. The summed E-state index contributed by atoms with van der Waals surface area (Å²) < 4.78 is 0. The van der Waals surface area contributed by atoms with Crippen molar-refractivity contribution < 1.29 is 0 Å². The van der Waals surface area contributed by atoms with Crippen molar-refractivity contribution in [1.82, 2.24) is 0 Å². The number of hydrogen-bond acceptors (Lipinski definition) is 2. The monoisotopic (exact) mass is 115 g/mol. The van der Waals surface area contributed by atoms with Gasteiger partial charge in [-0.3, -0.25) is 0 Å². The molecule has 0 aliphatic rings. The smallest absolute Gasteiger partial charge is 0.0137 e. The zero-order valence-electron chi connectivity index (χ0n) is 5.48. The summed E-state index contributed by atoms with van der Waals surface area (Å²) in [6.07, 6.45) is 1.61. The van der Waals surface area contributed by atoms with Crippen LogP contribution in [0.5, 0.6) is 0 Å². The molecule has 0 bridgehead atoms. The second-order valence-corrected chi connectivity index (χ2v) is 2.44. The molecule has 0 rings (SSSR count). The highest BCUT2D eigenvalue weighted by Gasteiger charge is 2.12. The van der Waals surface area contributed by atoms with E-state index in [1.165, 1.54) is 0 Å². The zero-order chi connectivity index (χ0) is 6.62. The third-order valence-electron chi connectivity index (χ3n) is 1.29. The topological polar surface area (TPSA) is 52.0 Å². The molecule has 1 atom stereocenters. The standard InChI is InChI=1S/C6H15N2/c1-3-6(2,8)4-5-7/h1,3-5,7-8H2,2H3. The van der Waals surface area contributed by atoms with E-state index in [1.54, 1.807) is 0 Å². The summed E-state index contributed by atoms with van der Waals surface area (Å²) in [4.78, 5) is 0. The van der Waals surface area contributed by atoms with Crippen molar-refractivity contribution in [2.75, 3.05) is 6.54 Å². The van der Waals surface area contributed by atoms with E-state index >= 15 is 0 Å². The van der Waals surface area contributed by atoms with Gasteiger partial charge in [0.25, 0.3) is 0 Å². The minimum absolute atomic E-state index is 0.144. The molecule has 2 heteroatoms. The summed E-state index contributed by atoms with van der Waals surface area (Å²) in [6, 6.07) is 0. The molecule has 1 unspecified atom stereocenters. The fraction of sp³-hybridized carbons (Fsp3) is 0.833. The van der Waals surface area contributed by atoms with Gasteiger partial charge in [0.05, 0.1) is 0 Å². The Labute approximate surface area is 51.2 Å². The first-order valence-electron chi connectivity index (χ1n) is 2.90. The van der Waals surface area contributed by atoms with Crippen LogP contribution in [0.3, 0.4) is 0 Å². The van der Waals surface area contributed by atoms with Crippen molar-refractivity contribution in [1.29, 1.82) is 0 Å². The van der Waals surface area contributed by atoms with Gasteiger partial charge < -0.3 is 11.5 Å². The Morgan fingerprint density at radius 1 is 1.62 bits per heavy atom. The Bertz CT molecular complexity index is 59.5. The van der Waals surface area contributed by atoms with E-state index in [0.717, 1.165) is 12.8 Å². The Morgan fingerprint density at radius 3 is 2.25 bits per heavy atom. The highest BCUT2D eigenvalue weighted by atomic mass is 14.7. The summed E-state index contributed by atoms with van der Waals surface area (Å²) in [6.45, 7) is 6.32. The van der Waals surface area contributed by atoms with Gasteiger partial charge in [0.15, 0.2) is 0 Å². The van der Waals surface area contributed by atoms with Crippen molar-refractivity contribution in [3.8, 4) is 0 Å². The Morgan fingerprint density at radius 2 is 2.12 bits per heavy atom. The van der Waals surface area contributed by atoms with Crippen LogP contribution in [0.1, 0.15) is 19.8 Å². The molecular formula is C6H15N2. The van der Waals surface area contributed by atoms with Gasteiger partial charge in [0.1, 0.15) is 0 Å². The summed E-state index contributed by atoms with van der Waals surface area (Å²) in [5.74, 6) is 0. The molecule has 0 aromatic carbocycles. The minimum Gasteiger partial charge on any atom is -0.330 e. The van der Waals surface area contributed by atoms with Crippen LogP contribution in [-0.4, -0.2) is 12.1 Å². The van der Waals surface area contributed by atoms with Crippen LogP contribution in [0.15, 0.2) is 0 Å². The Kier molecular flexibility index (Phi) is 3.02. The lowest BCUT2D eigenvalue weighted by atomic mass is 9.96. The maximum absolute atomic E-state index is 5.68. The molecule has 0 aliphatic carbocycles. The second kappa shape index (κ2) is 3.05. The predicted octanol–water partition coefficient (Wildman–Crippen LogP) is 0.277. The van der Waals surface area contributed by atoms with E-state index in [-0.39, 0.29) is 5.54 Å². The molecule has 0 spiro atoms. The molecule has 0 aromatic heterocycles. The average molecular weight is 115 g/mol. The molecular weight excluding hydrogens is 100 g/mol. The quantitative estimate of drug-likeness (QED) is 0.555. The molecule has 0 amide bonds. The van der Waals surface area contributed by atoms with E-state index in [4.69, 9.17) is 11.5 Å². The fourth-order valence-corrected chi connectivity index (χ4v) is 0.455. The molecule has 0 heterocycles. The third-order valence-corrected chi connectivity index (χ3v) is 1.29. The van der Waals surface area contributed by atoms with Crippen LogP contribution < -0.4 is 11.5 Å². The molecule has 0 saturated heterocycles. The number of nitrogens with two attached hydrogens (primary N) is 2. The molecule has 0 aromatic rings. The molecule has 0 fully saturated rings. The first-order chi connectivity index (χ1) is 3.62. The number of rotatable bonds is 3. The van der Waals surface area contributed by atoms with Crippen LogP contribution in [0.2, 0.25) is 0 Å². The van der Waals surface area contributed by atoms with Crippen LogP contribution in [-0.2, 0) is 0 Å². The van der Waals surface area contributed by atoms with Crippen molar-refractivity contribution >= 4 is 0 Å². The Balaban J connectivity index is 3.37. The summed E-state index contributed by atoms with van der Waals surface area (Å²) in [5, 5.41) is 0. The summed E-state index contributed by atoms with van der Waals surface area (Å²) in [7, 11) is 0. The van der Waals surface area contributed by atoms with E-state index in [2.05, 4.69) is 6.92 Å². The Hall–Kier alpha value is -0.0800. The van der Waals surface area contributed by atoms with Gasteiger partial charge in [0, 0.05) is 5.54 Å². The van der Waals surface area contributed by atoms with Gasteiger partial charge in [-0.05, 0) is 26.3 Å². The van der Waals surface area contributed by atoms with Gasteiger partial charge in [-0.15, -0.1) is 0 Å². The first kappa shape index (κ1) is 7.92. The molecule has 1 radical (unpaired) electrons. The van der Waals surface area contributed by atoms with Crippen molar-refractivity contribution in [3.05, 3.63) is 6.92 Å². The van der Waals surface area contributed by atoms with Gasteiger partial charge >= 0.3 is 0 Å². The van der Waals surface area contributed by atoms with Crippen LogP contribution in [0.25, 0.3) is 0 Å². The highest BCUT2D eigenvalue weighted by Crippen LogP contribution is 2.07. The van der Waals surface area contributed by atoms with E-state index in [1.807, 2.05) is 6.92 Å². The van der Waals surface area contributed by atoms with Gasteiger partial charge in [-0.25, -0.2) is 0 Å². The van der Waals surface area contributed by atoms with Crippen molar-refractivity contribution in [2.24, 2.45) is 11.5 Å².